The van der Waals surface area contributed by atoms with Gasteiger partial charge in [-0.15, -0.1) is 0 Å². The first-order chi connectivity index (χ1) is 15.2. The molecule has 0 saturated carbocycles. The maximum Gasteiger partial charge on any atom is 0.336 e. The number of unbranched alkanes of at least 4 members (excludes halogenated alkanes) is 1. The van der Waals surface area contributed by atoms with E-state index in [-0.39, 0.29) is 0 Å². The molecule has 0 spiro atoms. The summed E-state index contributed by atoms with van der Waals surface area (Å²) in [6.45, 7) is 2.88. The number of nitrogens with zero attached hydrogens (tertiary/aromatic N) is 1. The fourth-order valence-electron chi connectivity index (χ4n) is 3.78. The van der Waals surface area contributed by atoms with E-state index in [1.54, 1.807) is 12.1 Å². The van der Waals surface area contributed by atoms with Gasteiger partial charge in [-0.1, -0.05) is 74.0 Å². The first-order valence-electron chi connectivity index (χ1n) is 10.7. The maximum atomic E-state index is 11.5. The van der Waals surface area contributed by atoms with Gasteiger partial charge in [0, 0.05) is 23.3 Å². The fourth-order valence-corrected chi connectivity index (χ4v) is 3.78. The van der Waals surface area contributed by atoms with E-state index in [1.807, 2.05) is 48.5 Å². The van der Waals surface area contributed by atoms with Gasteiger partial charge in [-0.05, 0) is 47.7 Å². The Kier molecular flexibility index (Phi) is 6.27. The topological polar surface area (TPSA) is 62.2 Å². The minimum atomic E-state index is -0.912. The van der Waals surface area contributed by atoms with E-state index >= 15 is 0 Å². The van der Waals surface area contributed by atoms with Crippen molar-refractivity contribution in [3.05, 3.63) is 95.7 Å². The molecule has 0 aliphatic heterocycles. The van der Waals surface area contributed by atoms with Gasteiger partial charge in [0.05, 0.1) is 11.1 Å². The smallest absolute Gasteiger partial charge is 0.336 e. The Hall–Kier alpha value is -3.66. The molecule has 156 valence electrons. The molecule has 0 saturated heterocycles. The molecular formula is C27H26N2O2. The quantitative estimate of drug-likeness (QED) is 0.345. The van der Waals surface area contributed by atoms with Crippen LogP contribution < -0.4 is 5.32 Å². The number of rotatable bonds is 8. The summed E-state index contributed by atoms with van der Waals surface area (Å²) in [6, 6.07) is 25.5. The number of aromatic nitrogens is 1. The summed E-state index contributed by atoms with van der Waals surface area (Å²) < 4.78 is 0. The Morgan fingerprint density at radius 2 is 1.71 bits per heavy atom. The van der Waals surface area contributed by atoms with E-state index in [9.17, 15) is 9.90 Å². The highest BCUT2D eigenvalue weighted by Crippen LogP contribution is 2.26. The SMILES string of the molecule is CCCCc1cc(NCc2ccc(-c3ccccc3C(=O)O)cc2)c2ccccc2n1. The molecule has 4 rings (SSSR count). The molecule has 0 aliphatic carbocycles. The number of anilines is 1. The van der Waals surface area contributed by atoms with Gasteiger partial charge in [-0.2, -0.15) is 0 Å². The number of carboxylic acid groups (broad SMARTS) is 1. The van der Waals surface area contributed by atoms with Crippen LogP contribution >= 0.6 is 0 Å². The Balaban J connectivity index is 1.55. The van der Waals surface area contributed by atoms with E-state index < -0.39 is 5.97 Å². The van der Waals surface area contributed by atoms with Crippen molar-refractivity contribution in [3.8, 4) is 11.1 Å². The Labute approximate surface area is 182 Å². The normalized spacial score (nSPS) is 10.9. The lowest BCUT2D eigenvalue weighted by atomic mass is 9.99. The van der Waals surface area contributed by atoms with Crippen LogP contribution in [-0.4, -0.2) is 16.1 Å². The van der Waals surface area contributed by atoms with E-state index in [4.69, 9.17) is 4.98 Å². The first kappa shape index (κ1) is 20.6. The third kappa shape index (κ3) is 4.75. The molecule has 1 heterocycles. The average molecular weight is 411 g/mol. The van der Waals surface area contributed by atoms with Gasteiger partial charge >= 0.3 is 5.97 Å². The van der Waals surface area contributed by atoms with Gasteiger partial charge in [0.2, 0.25) is 0 Å². The van der Waals surface area contributed by atoms with Crippen LogP contribution in [0.15, 0.2) is 78.9 Å². The summed E-state index contributed by atoms with van der Waals surface area (Å²) in [5.74, 6) is -0.912. The molecule has 31 heavy (non-hydrogen) atoms. The van der Waals surface area contributed by atoms with E-state index in [1.165, 1.54) is 0 Å². The van der Waals surface area contributed by atoms with Gasteiger partial charge in [0.25, 0.3) is 0 Å². The van der Waals surface area contributed by atoms with E-state index in [0.29, 0.717) is 12.1 Å². The molecule has 1 aromatic heterocycles. The zero-order valence-electron chi connectivity index (χ0n) is 17.6. The summed E-state index contributed by atoms with van der Waals surface area (Å²) in [4.78, 5) is 16.3. The summed E-state index contributed by atoms with van der Waals surface area (Å²) >= 11 is 0. The van der Waals surface area contributed by atoms with Crippen molar-refractivity contribution in [3.63, 3.8) is 0 Å². The van der Waals surface area contributed by atoms with Crippen LogP contribution in [-0.2, 0) is 13.0 Å². The monoisotopic (exact) mass is 410 g/mol. The second-order valence-corrected chi connectivity index (χ2v) is 7.68. The number of pyridine rings is 1. The predicted octanol–water partition coefficient (Wildman–Crippen LogP) is 6.55. The van der Waals surface area contributed by atoms with Crippen LogP contribution in [0.25, 0.3) is 22.0 Å². The van der Waals surface area contributed by atoms with E-state index in [2.05, 4.69) is 30.4 Å². The number of nitrogens with one attached hydrogen (secondary N) is 1. The molecule has 0 atom stereocenters. The van der Waals surface area contributed by atoms with Crippen LogP contribution in [0.2, 0.25) is 0 Å². The summed E-state index contributed by atoms with van der Waals surface area (Å²) in [5.41, 5.74) is 6.30. The molecule has 0 bridgehead atoms. The van der Waals surface area contributed by atoms with Crippen molar-refractivity contribution in [2.24, 2.45) is 0 Å². The lowest BCUT2D eigenvalue weighted by Gasteiger charge is -2.13. The third-order valence-corrected chi connectivity index (χ3v) is 5.46. The predicted molar refractivity (Wildman–Crippen MR) is 127 cm³/mol. The molecule has 2 N–H and O–H groups in total. The molecule has 4 aromatic rings. The molecule has 0 radical (unpaired) electrons. The number of para-hydroxylation sites is 1. The highest BCUT2D eigenvalue weighted by molar-refractivity contribution is 5.96. The minimum Gasteiger partial charge on any atom is -0.478 e. The number of fused-ring (bicyclic) bond motifs is 1. The molecular weight excluding hydrogens is 384 g/mol. The summed E-state index contributed by atoms with van der Waals surface area (Å²) in [6.07, 6.45) is 3.26. The lowest BCUT2D eigenvalue weighted by Crippen LogP contribution is -2.03. The van der Waals surface area contributed by atoms with Crippen molar-refractivity contribution < 1.29 is 9.90 Å². The van der Waals surface area contributed by atoms with Gasteiger partial charge in [0.15, 0.2) is 0 Å². The molecule has 0 fully saturated rings. The standard InChI is InChI=1S/C27H26N2O2/c1-2-3-8-21-17-26(24-11-6-7-12-25(24)29-21)28-18-19-13-15-20(16-14-19)22-9-4-5-10-23(22)27(30)31/h4-7,9-17H,2-3,8,18H2,1H3,(H,28,29)(H,30,31). The maximum absolute atomic E-state index is 11.5. The average Bonchev–Trinajstić information content (AvgIpc) is 2.81. The molecule has 4 nitrogen and oxygen atoms in total. The fraction of sp³-hybridized carbons (Fsp3) is 0.185. The molecule has 0 unspecified atom stereocenters. The Morgan fingerprint density at radius 1 is 0.968 bits per heavy atom. The van der Waals surface area contributed by atoms with Crippen molar-refractivity contribution in [1.82, 2.24) is 4.98 Å². The zero-order valence-corrected chi connectivity index (χ0v) is 17.6. The van der Waals surface area contributed by atoms with Gasteiger partial charge in [-0.3, -0.25) is 4.98 Å². The van der Waals surface area contributed by atoms with Crippen molar-refractivity contribution in [2.75, 3.05) is 5.32 Å². The number of carbonyl (C=O) groups is 1. The lowest BCUT2D eigenvalue weighted by molar-refractivity contribution is 0.0697. The molecule has 4 heteroatoms. The number of benzene rings is 3. The molecule has 0 amide bonds. The number of hydrogen-bond donors (Lipinski definition) is 2. The van der Waals surface area contributed by atoms with Crippen molar-refractivity contribution >= 4 is 22.6 Å². The van der Waals surface area contributed by atoms with Crippen LogP contribution in [0.1, 0.15) is 41.4 Å². The minimum absolute atomic E-state index is 0.316. The summed E-state index contributed by atoms with van der Waals surface area (Å²) in [5, 5.41) is 14.1. The Bertz CT molecular complexity index is 1200. The van der Waals surface area contributed by atoms with E-state index in [0.717, 1.165) is 58.2 Å². The van der Waals surface area contributed by atoms with Crippen LogP contribution in [0.4, 0.5) is 5.69 Å². The van der Waals surface area contributed by atoms with Crippen LogP contribution in [0.5, 0.6) is 0 Å². The van der Waals surface area contributed by atoms with Crippen molar-refractivity contribution in [1.29, 1.82) is 0 Å². The molecule has 3 aromatic carbocycles. The van der Waals surface area contributed by atoms with Gasteiger partial charge in [0.1, 0.15) is 0 Å². The van der Waals surface area contributed by atoms with Crippen LogP contribution in [0.3, 0.4) is 0 Å². The Morgan fingerprint density at radius 3 is 2.48 bits per heavy atom. The highest BCUT2D eigenvalue weighted by atomic mass is 16.4. The highest BCUT2D eigenvalue weighted by Gasteiger charge is 2.11. The van der Waals surface area contributed by atoms with Crippen molar-refractivity contribution in [2.45, 2.75) is 32.7 Å². The van der Waals surface area contributed by atoms with Gasteiger partial charge in [-0.25, -0.2) is 4.79 Å². The van der Waals surface area contributed by atoms with Crippen LogP contribution in [0, 0.1) is 0 Å². The zero-order chi connectivity index (χ0) is 21.6. The largest absolute Gasteiger partial charge is 0.478 e. The third-order valence-electron chi connectivity index (χ3n) is 5.46. The number of aromatic carboxylic acids is 1. The second kappa shape index (κ2) is 9.43. The summed E-state index contributed by atoms with van der Waals surface area (Å²) in [7, 11) is 0. The molecule has 0 aliphatic rings. The first-order valence-corrected chi connectivity index (χ1v) is 10.7. The second-order valence-electron chi connectivity index (χ2n) is 7.68. The number of carboxylic acids is 1. The van der Waals surface area contributed by atoms with Gasteiger partial charge < -0.3 is 10.4 Å². The number of aryl methyl sites for hydroxylation is 1. The number of hydrogen-bond acceptors (Lipinski definition) is 3.